The SMILES string of the molecule is O=c1/c(=C/C=C\c2ccccc2)sc2n1CCN=2. The lowest BCUT2D eigenvalue weighted by Gasteiger charge is -1.88. The Hall–Kier alpha value is -1.94. The van der Waals surface area contributed by atoms with Gasteiger partial charge in [-0.1, -0.05) is 53.8 Å². The molecule has 0 atom stereocenters. The zero-order valence-electron chi connectivity index (χ0n) is 9.74. The molecular weight excluding hydrogens is 244 g/mol. The molecule has 2 aromatic rings. The summed E-state index contributed by atoms with van der Waals surface area (Å²) in [6, 6.07) is 10.0. The minimum atomic E-state index is 0.0777. The number of rotatable bonds is 2. The van der Waals surface area contributed by atoms with Crippen LogP contribution in [-0.4, -0.2) is 11.1 Å². The summed E-state index contributed by atoms with van der Waals surface area (Å²) in [7, 11) is 0. The fraction of sp³-hybridized carbons (Fsp3) is 0.143. The normalized spacial score (nSPS) is 15.0. The summed E-state index contributed by atoms with van der Waals surface area (Å²) in [4.78, 5) is 17.1. The number of aromatic nitrogens is 1. The highest BCUT2D eigenvalue weighted by atomic mass is 32.1. The Morgan fingerprint density at radius 3 is 2.89 bits per heavy atom. The Balaban J connectivity index is 1.95. The molecule has 1 aliphatic rings. The first-order valence-electron chi connectivity index (χ1n) is 5.82. The zero-order valence-corrected chi connectivity index (χ0v) is 10.6. The van der Waals surface area contributed by atoms with Gasteiger partial charge in [0.25, 0.3) is 5.56 Å². The number of hydrogen-bond acceptors (Lipinski definition) is 3. The number of hydrogen-bond donors (Lipinski definition) is 0. The zero-order chi connectivity index (χ0) is 12.4. The van der Waals surface area contributed by atoms with Crippen LogP contribution in [0.1, 0.15) is 5.56 Å². The van der Waals surface area contributed by atoms with Gasteiger partial charge in [-0.3, -0.25) is 14.4 Å². The van der Waals surface area contributed by atoms with E-state index in [0.29, 0.717) is 0 Å². The van der Waals surface area contributed by atoms with E-state index in [1.165, 1.54) is 11.3 Å². The molecule has 0 aliphatic carbocycles. The molecule has 0 saturated heterocycles. The largest absolute Gasteiger partial charge is 0.282 e. The molecule has 0 N–H and O–H groups in total. The van der Waals surface area contributed by atoms with Gasteiger partial charge < -0.3 is 0 Å². The van der Waals surface area contributed by atoms with Gasteiger partial charge in [0.1, 0.15) is 0 Å². The van der Waals surface area contributed by atoms with E-state index in [-0.39, 0.29) is 5.56 Å². The standard InChI is InChI=1S/C14H12N2OS/c17-13-12(18-14-15-9-10-16(13)14)8-4-7-11-5-2-1-3-6-11/h1-8H,9-10H2/b7-4-,12-8-. The topological polar surface area (TPSA) is 34.4 Å². The van der Waals surface area contributed by atoms with Crippen LogP contribution in [0.3, 0.4) is 0 Å². The molecule has 0 fully saturated rings. The molecule has 90 valence electrons. The number of allylic oxidation sites excluding steroid dienone is 1. The van der Waals surface area contributed by atoms with Crippen LogP contribution in [0.2, 0.25) is 0 Å². The summed E-state index contributed by atoms with van der Waals surface area (Å²) in [6.07, 6.45) is 5.77. The van der Waals surface area contributed by atoms with Crippen LogP contribution in [0.15, 0.2) is 46.2 Å². The summed E-state index contributed by atoms with van der Waals surface area (Å²) in [5, 5.41) is 0. The van der Waals surface area contributed by atoms with Crippen molar-refractivity contribution in [2.75, 3.05) is 6.54 Å². The molecule has 1 aromatic heterocycles. The number of thiazole rings is 1. The van der Waals surface area contributed by atoms with E-state index in [2.05, 4.69) is 4.99 Å². The molecule has 18 heavy (non-hydrogen) atoms. The van der Waals surface area contributed by atoms with Crippen LogP contribution in [-0.2, 0) is 6.54 Å². The van der Waals surface area contributed by atoms with Gasteiger partial charge in [0, 0.05) is 6.54 Å². The Bertz CT molecular complexity index is 753. The highest BCUT2D eigenvalue weighted by molar-refractivity contribution is 7.07. The van der Waals surface area contributed by atoms with E-state index in [1.807, 2.05) is 48.6 Å². The van der Waals surface area contributed by atoms with E-state index in [4.69, 9.17) is 0 Å². The second-order valence-electron chi connectivity index (χ2n) is 4.02. The van der Waals surface area contributed by atoms with Crippen molar-refractivity contribution in [3.05, 3.63) is 61.7 Å². The van der Waals surface area contributed by atoms with Gasteiger partial charge in [0.05, 0.1) is 11.1 Å². The molecule has 3 rings (SSSR count). The smallest absolute Gasteiger partial charge is 0.270 e. The molecule has 1 aromatic carbocycles. The molecule has 2 heterocycles. The van der Waals surface area contributed by atoms with Gasteiger partial charge in [-0.05, 0) is 11.6 Å². The van der Waals surface area contributed by atoms with Crippen molar-refractivity contribution in [2.45, 2.75) is 6.54 Å². The molecule has 0 unspecified atom stereocenters. The van der Waals surface area contributed by atoms with Gasteiger partial charge in [-0.25, -0.2) is 0 Å². The van der Waals surface area contributed by atoms with Crippen LogP contribution in [0, 0.1) is 0 Å². The lowest BCUT2D eigenvalue weighted by molar-refractivity contribution is 0.740. The monoisotopic (exact) mass is 256 g/mol. The quantitative estimate of drug-likeness (QED) is 0.790. The molecule has 0 spiro atoms. The van der Waals surface area contributed by atoms with Gasteiger partial charge in [0.15, 0.2) is 4.80 Å². The minimum absolute atomic E-state index is 0.0777. The average Bonchev–Trinajstić information content (AvgIpc) is 2.96. The molecule has 1 aliphatic heterocycles. The lowest BCUT2D eigenvalue weighted by atomic mass is 10.2. The lowest BCUT2D eigenvalue weighted by Crippen LogP contribution is -2.29. The maximum Gasteiger partial charge on any atom is 0.270 e. The Morgan fingerprint density at radius 1 is 1.28 bits per heavy atom. The number of benzene rings is 1. The van der Waals surface area contributed by atoms with E-state index in [9.17, 15) is 4.79 Å². The average molecular weight is 256 g/mol. The molecule has 3 nitrogen and oxygen atoms in total. The number of fused-ring (bicyclic) bond motifs is 1. The van der Waals surface area contributed by atoms with Gasteiger partial charge in [-0.15, -0.1) is 0 Å². The van der Waals surface area contributed by atoms with Crippen molar-refractivity contribution in [1.29, 1.82) is 0 Å². The summed E-state index contributed by atoms with van der Waals surface area (Å²) >= 11 is 1.46. The van der Waals surface area contributed by atoms with Crippen molar-refractivity contribution in [3.63, 3.8) is 0 Å². The fourth-order valence-electron chi connectivity index (χ4n) is 1.89. The highest BCUT2D eigenvalue weighted by Gasteiger charge is 2.08. The summed E-state index contributed by atoms with van der Waals surface area (Å²) in [6.45, 7) is 1.46. The third-order valence-electron chi connectivity index (χ3n) is 2.79. The van der Waals surface area contributed by atoms with Crippen LogP contribution >= 0.6 is 11.3 Å². The Morgan fingerprint density at radius 2 is 2.11 bits per heavy atom. The minimum Gasteiger partial charge on any atom is -0.282 e. The maximum atomic E-state index is 12.0. The van der Waals surface area contributed by atoms with E-state index in [1.54, 1.807) is 4.57 Å². The summed E-state index contributed by atoms with van der Waals surface area (Å²) < 4.78 is 2.49. The predicted molar refractivity (Wildman–Crippen MR) is 74.2 cm³/mol. The van der Waals surface area contributed by atoms with E-state index >= 15 is 0 Å². The third-order valence-corrected chi connectivity index (χ3v) is 3.86. The molecule has 0 amide bonds. The Labute approximate surface area is 108 Å². The second kappa shape index (κ2) is 4.74. The highest BCUT2D eigenvalue weighted by Crippen LogP contribution is 2.00. The van der Waals surface area contributed by atoms with Crippen molar-refractivity contribution in [3.8, 4) is 0 Å². The summed E-state index contributed by atoms with van der Waals surface area (Å²) in [5.74, 6) is 0. The maximum absolute atomic E-state index is 12.0. The van der Waals surface area contributed by atoms with Crippen LogP contribution in [0.4, 0.5) is 0 Å². The van der Waals surface area contributed by atoms with Crippen molar-refractivity contribution in [1.82, 2.24) is 4.57 Å². The molecule has 0 bridgehead atoms. The van der Waals surface area contributed by atoms with Crippen LogP contribution in [0.25, 0.3) is 12.2 Å². The number of nitrogens with zero attached hydrogens (tertiary/aromatic N) is 2. The first-order valence-corrected chi connectivity index (χ1v) is 6.64. The van der Waals surface area contributed by atoms with Gasteiger partial charge in [-0.2, -0.15) is 0 Å². The van der Waals surface area contributed by atoms with E-state index in [0.717, 1.165) is 28.0 Å². The molecular formula is C14H12N2OS. The van der Waals surface area contributed by atoms with Gasteiger partial charge in [0.2, 0.25) is 0 Å². The first-order chi connectivity index (χ1) is 8.84. The fourth-order valence-corrected chi connectivity index (χ4v) is 2.87. The van der Waals surface area contributed by atoms with Crippen molar-refractivity contribution in [2.24, 2.45) is 4.99 Å². The predicted octanol–water partition coefficient (Wildman–Crippen LogP) is 1.04. The molecule has 0 radical (unpaired) electrons. The van der Waals surface area contributed by atoms with Crippen LogP contribution in [0.5, 0.6) is 0 Å². The first kappa shape index (κ1) is 11.2. The second-order valence-corrected chi connectivity index (χ2v) is 5.03. The molecule has 4 heteroatoms. The van der Waals surface area contributed by atoms with Crippen molar-refractivity contribution < 1.29 is 0 Å². The Kier molecular flexibility index (Phi) is 2.94. The third kappa shape index (κ3) is 2.07. The molecule has 0 saturated carbocycles. The van der Waals surface area contributed by atoms with Crippen molar-refractivity contribution >= 4 is 23.5 Å². The van der Waals surface area contributed by atoms with Crippen LogP contribution < -0.4 is 14.9 Å². The van der Waals surface area contributed by atoms with Gasteiger partial charge >= 0.3 is 0 Å². The summed E-state index contributed by atoms with van der Waals surface area (Å²) in [5.41, 5.74) is 1.21. The van der Waals surface area contributed by atoms with E-state index < -0.39 is 0 Å².